The van der Waals surface area contributed by atoms with Crippen molar-refractivity contribution in [2.24, 2.45) is 7.05 Å². The topological polar surface area (TPSA) is 66.3 Å². The number of nitrogens with one attached hydrogen (secondary N) is 2. The van der Waals surface area contributed by atoms with Gasteiger partial charge in [-0.1, -0.05) is 6.07 Å². The maximum atomic E-state index is 13.4. The molecule has 1 aromatic heterocycles. The monoisotopic (exact) mass is 309 g/mol. The molecular formula is C15H17F2N3O2. The lowest BCUT2D eigenvalue weighted by molar-refractivity contribution is 0.159. The first kappa shape index (κ1) is 16.0. The third-order valence-electron chi connectivity index (χ3n) is 3.23. The molecule has 7 heteroatoms. The van der Waals surface area contributed by atoms with Crippen molar-refractivity contribution in [1.82, 2.24) is 9.88 Å². The molecule has 0 bridgehead atoms. The van der Waals surface area contributed by atoms with Crippen molar-refractivity contribution in [1.29, 1.82) is 0 Å². The zero-order valence-electron chi connectivity index (χ0n) is 12.0. The highest BCUT2D eigenvalue weighted by molar-refractivity contribution is 5.89. The molecule has 0 fully saturated rings. The van der Waals surface area contributed by atoms with Crippen LogP contribution in [0.3, 0.4) is 0 Å². The van der Waals surface area contributed by atoms with Gasteiger partial charge in [-0.25, -0.2) is 13.6 Å². The SMILES string of the molecule is Cn1cccc1C(O)CCNC(=O)Nc1c(F)cccc1F. The Kier molecular flexibility index (Phi) is 5.11. The molecule has 1 heterocycles. The molecular weight excluding hydrogens is 292 g/mol. The second-order valence-electron chi connectivity index (χ2n) is 4.83. The summed E-state index contributed by atoms with van der Waals surface area (Å²) in [4.78, 5) is 11.6. The summed E-state index contributed by atoms with van der Waals surface area (Å²) in [5, 5.41) is 14.5. The molecule has 2 amide bonds. The van der Waals surface area contributed by atoms with E-state index in [0.717, 1.165) is 17.8 Å². The first-order valence-electron chi connectivity index (χ1n) is 6.77. The second kappa shape index (κ2) is 7.04. The Morgan fingerprint density at radius 2 is 1.95 bits per heavy atom. The highest BCUT2D eigenvalue weighted by Gasteiger charge is 2.13. The number of aliphatic hydroxyl groups excluding tert-OH is 1. The smallest absolute Gasteiger partial charge is 0.319 e. The van der Waals surface area contributed by atoms with Gasteiger partial charge in [0.25, 0.3) is 0 Å². The minimum absolute atomic E-state index is 0.161. The van der Waals surface area contributed by atoms with E-state index in [4.69, 9.17) is 0 Å². The van der Waals surface area contributed by atoms with Crippen molar-refractivity contribution in [2.75, 3.05) is 11.9 Å². The van der Waals surface area contributed by atoms with Crippen LogP contribution in [0.1, 0.15) is 18.2 Å². The van der Waals surface area contributed by atoms with E-state index in [-0.39, 0.29) is 13.0 Å². The lowest BCUT2D eigenvalue weighted by atomic mass is 10.2. The molecule has 1 atom stereocenters. The van der Waals surface area contributed by atoms with Gasteiger partial charge in [0.1, 0.15) is 17.3 Å². The highest BCUT2D eigenvalue weighted by atomic mass is 19.1. The van der Waals surface area contributed by atoms with Crippen molar-refractivity contribution in [3.8, 4) is 0 Å². The van der Waals surface area contributed by atoms with Crippen molar-refractivity contribution in [3.63, 3.8) is 0 Å². The number of hydrogen-bond donors (Lipinski definition) is 3. The second-order valence-corrected chi connectivity index (χ2v) is 4.83. The van der Waals surface area contributed by atoms with Gasteiger partial charge >= 0.3 is 6.03 Å². The molecule has 0 saturated carbocycles. The molecule has 1 unspecified atom stereocenters. The zero-order chi connectivity index (χ0) is 16.1. The number of carbonyl (C=O) groups excluding carboxylic acids is 1. The number of aromatic nitrogens is 1. The minimum atomic E-state index is -0.848. The minimum Gasteiger partial charge on any atom is -0.387 e. The maximum absolute atomic E-state index is 13.4. The molecule has 0 aliphatic heterocycles. The van der Waals surface area contributed by atoms with E-state index in [9.17, 15) is 18.7 Å². The van der Waals surface area contributed by atoms with Crippen molar-refractivity contribution in [3.05, 3.63) is 53.9 Å². The number of amides is 2. The quantitative estimate of drug-likeness (QED) is 0.794. The number of nitrogens with zero attached hydrogens (tertiary/aromatic N) is 1. The number of hydrogen-bond acceptors (Lipinski definition) is 2. The summed E-state index contributed by atoms with van der Waals surface area (Å²) in [6.45, 7) is 0.161. The molecule has 118 valence electrons. The summed E-state index contributed by atoms with van der Waals surface area (Å²) >= 11 is 0. The number of aryl methyl sites for hydroxylation is 1. The molecule has 2 rings (SSSR count). The van der Waals surface area contributed by atoms with Crippen molar-refractivity contribution in [2.45, 2.75) is 12.5 Å². The number of aliphatic hydroxyl groups is 1. The molecule has 0 radical (unpaired) electrons. The van der Waals surface area contributed by atoms with Crippen LogP contribution in [0.5, 0.6) is 0 Å². The van der Waals surface area contributed by atoms with Gasteiger partial charge in [-0.2, -0.15) is 0 Å². The van der Waals surface area contributed by atoms with E-state index in [1.807, 2.05) is 0 Å². The predicted octanol–water partition coefficient (Wildman–Crippen LogP) is 2.55. The number of rotatable bonds is 5. The number of urea groups is 1. The number of benzene rings is 1. The summed E-state index contributed by atoms with van der Waals surface area (Å²) in [5.41, 5.74) is 0.227. The zero-order valence-corrected chi connectivity index (χ0v) is 12.0. The molecule has 3 N–H and O–H groups in total. The molecule has 5 nitrogen and oxygen atoms in total. The normalized spacial score (nSPS) is 12.0. The van der Waals surface area contributed by atoms with Crippen LogP contribution in [0.2, 0.25) is 0 Å². The van der Waals surface area contributed by atoms with Gasteiger partial charge in [-0.05, 0) is 30.7 Å². The molecule has 2 aromatic rings. The Hall–Kier alpha value is -2.41. The third-order valence-corrected chi connectivity index (χ3v) is 3.23. The van der Waals surface area contributed by atoms with Crippen LogP contribution in [-0.2, 0) is 7.05 Å². The van der Waals surface area contributed by atoms with Gasteiger partial charge < -0.3 is 20.3 Å². The molecule has 0 aliphatic carbocycles. The van der Waals surface area contributed by atoms with Crippen LogP contribution >= 0.6 is 0 Å². The Morgan fingerprint density at radius 1 is 1.27 bits per heavy atom. The molecule has 0 saturated heterocycles. The van der Waals surface area contributed by atoms with Crippen LogP contribution in [0.15, 0.2) is 36.5 Å². The van der Waals surface area contributed by atoms with Crippen molar-refractivity contribution < 1.29 is 18.7 Å². The predicted molar refractivity (Wildman–Crippen MR) is 78.4 cm³/mol. The molecule has 0 aliphatic rings. The van der Waals surface area contributed by atoms with Crippen LogP contribution in [-0.4, -0.2) is 22.2 Å². The summed E-state index contributed by atoms with van der Waals surface area (Å²) in [6, 6.07) is 6.17. The fourth-order valence-electron chi connectivity index (χ4n) is 2.07. The Morgan fingerprint density at radius 3 is 2.55 bits per heavy atom. The molecule has 0 spiro atoms. The lowest BCUT2D eigenvalue weighted by Gasteiger charge is -2.13. The van der Waals surface area contributed by atoms with Gasteiger partial charge in [0, 0.05) is 25.5 Å². The fraction of sp³-hybridized carbons (Fsp3) is 0.267. The number of carbonyl (C=O) groups is 1. The van der Waals surface area contributed by atoms with E-state index in [2.05, 4.69) is 10.6 Å². The maximum Gasteiger partial charge on any atom is 0.319 e. The fourth-order valence-corrected chi connectivity index (χ4v) is 2.07. The summed E-state index contributed by atoms with van der Waals surface area (Å²) in [7, 11) is 1.81. The highest BCUT2D eigenvalue weighted by Crippen LogP contribution is 2.18. The molecule has 1 aromatic carbocycles. The van der Waals surface area contributed by atoms with Gasteiger partial charge in [0.2, 0.25) is 0 Å². The van der Waals surface area contributed by atoms with E-state index >= 15 is 0 Å². The summed E-state index contributed by atoms with van der Waals surface area (Å²) in [5.74, 6) is -1.70. The summed E-state index contributed by atoms with van der Waals surface area (Å²) in [6.07, 6.45) is 1.36. The Labute approximate surface area is 126 Å². The largest absolute Gasteiger partial charge is 0.387 e. The van der Waals surface area contributed by atoms with Crippen LogP contribution in [0, 0.1) is 11.6 Å². The number of para-hydroxylation sites is 1. The number of halogens is 2. The van der Waals surface area contributed by atoms with Crippen LogP contribution in [0.4, 0.5) is 19.3 Å². The van der Waals surface area contributed by atoms with E-state index in [1.54, 1.807) is 29.9 Å². The van der Waals surface area contributed by atoms with E-state index in [0.29, 0.717) is 0 Å². The van der Waals surface area contributed by atoms with Crippen LogP contribution in [0.25, 0.3) is 0 Å². The average Bonchev–Trinajstić information content (AvgIpc) is 2.89. The Balaban J connectivity index is 1.82. The van der Waals surface area contributed by atoms with Crippen molar-refractivity contribution >= 4 is 11.7 Å². The lowest BCUT2D eigenvalue weighted by Crippen LogP contribution is -2.31. The van der Waals surface area contributed by atoms with E-state index in [1.165, 1.54) is 6.07 Å². The van der Waals surface area contributed by atoms with Crippen LogP contribution < -0.4 is 10.6 Å². The van der Waals surface area contributed by atoms with Gasteiger partial charge in [0.15, 0.2) is 0 Å². The Bertz CT molecular complexity index is 638. The first-order chi connectivity index (χ1) is 10.5. The molecule has 22 heavy (non-hydrogen) atoms. The standard InChI is InChI=1S/C15H17F2N3O2/c1-20-9-3-6-12(20)13(21)7-8-18-15(22)19-14-10(16)4-2-5-11(14)17/h2-6,9,13,21H,7-8H2,1H3,(H2,18,19,22). The van der Waals surface area contributed by atoms with Gasteiger partial charge in [-0.3, -0.25) is 0 Å². The summed E-state index contributed by atoms with van der Waals surface area (Å²) < 4.78 is 28.5. The average molecular weight is 309 g/mol. The van der Waals surface area contributed by atoms with E-state index < -0.39 is 29.5 Å². The third kappa shape index (κ3) is 3.82. The van der Waals surface area contributed by atoms with Gasteiger partial charge in [0.05, 0.1) is 6.10 Å². The van der Waals surface area contributed by atoms with Gasteiger partial charge in [-0.15, -0.1) is 0 Å². The first-order valence-corrected chi connectivity index (χ1v) is 6.77. The number of anilines is 1.